The largest absolute Gasteiger partial charge is 0.487 e. The monoisotopic (exact) mass is 510 g/mol. The summed E-state index contributed by atoms with van der Waals surface area (Å²) in [5.74, 6) is 0.876. The minimum absolute atomic E-state index is 0.0153. The second kappa shape index (κ2) is 10.4. The van der Waals surface area contributed by atoms with E-state index in [0.29, 0.717) is 33.1 Å². The lowest BCUT2D eigenvalue weighted by Gasteiger charge is -2.10. The summed E-state index contributed by atoms with van der Waals surface area (Å²) in [5, 5.41) is 16.1. The van der Waals surface area contributed by atoms with Crippen LogP contribution >= 0.6 is 11.6 Å². The summed E-state index contributed by atoms with van der Waals surface area (Å²) < 4.78 is 7.06. The Labute approximate surface area is 216 Å². The molecule has 0 spiro atoms. The Balaban J connectivity index is 1.41. The number of nitrogens with zero attached hydrogens (tertiary/aromatic N) is 4. The predicted octanol–water partition coefficient (Wildman–Crippen LogP) is 6.09. The lowest BCUT2D eigenvalue weighted by molar-refractivity contribution is -0.384. The zero-order valence-electron chi connectivity index (χ0n) is 19.3. The molecule has 37 heavy (non-hydrogen) atoms. The van der Waals surface area contributed by atoms with Crippen LogP contribution < -0.4 is 10.3 Å². The maximum atomic E-state index is 13.3. The fraction of sp³-hybridized carbons (Fsp3) is 0.0357. The van der Waals surface area contributed by atoms with Crippen LogP contribution in [-0.4, -0.2) is 20.8 Å². The van der Waals surface area contributed by atoms with Crippen molar-refractivity contribution in [2.45, 2.75) is 6.61 Å². The molecule has 4 aromatic carbocycles. The van der Waals surface area contributed by atoms with Crippen molar-refractivity contribution < 1.29 is 9.66 Å². The molecule has 5 rings (SSSR count). The first-order chi connectivity index (χ1) is 18.0. The number of non-ortho nitro benzene ring substituents is 1. The summed E-state index contributed by atoms with van der Waals surface area (Å²) >= 11 is 6.42. The van der Waals surface area contributed by atoms with Gasteiger partial charge < -0.3 is 4.74 Å². The molecule has 0 unspecified atom stereocenters. The van der Waals surface area contributed by atoms with Crippen molar-refractivity contribution in [2.75, 3.05) is 0 Å². The van der Waals surface area contributed by atoms with Crippen molar-refractivity contribution in [1.29, 1.82) is 0 Å². The molecular weight excluding hydrogens is 492 g/mol. The van der Waals surface area contributed by atoms with Gasteiger partial charge in [-0.15, -0.1) is 0 Å². The van der Waals surface area contributed by atoms with Crippen molar-refractivity contribution in [3.05, 3.63) is 134 Å². The molecule has 5 aromatic rings. The molecule has 1 aromatic heterocycles. The number of halogens is 1. The molecule has 8 nitrogen and oxygen atoms in total. The Morgan fingerprint density at radius 3 is 2.43 bits per heavy atom. The van der Waals surface area contributed by atoms with Crippen LogP contribution in [0.5, 0.6) is 5.75 Å². The first-order valence-corrected chi connectivity index (χ1v) is 11.6. The molecule has 0 saturated carbocycles. The van der Waals surface area contributed by atoms with Crippen LogP contribution in [0.15, 0.2) is 107 Å². The second-order valence-corrected chi connectivity index (χ2v) is 8.49. The van der Waals surface area contributed by atoms with Gasteiger partial charge in [-0.3, -0.25) is 14.9 Å². The second-order valence-electron chi connectivity index (χ2n) is 8.08. The lowest BCUT2D eigenvalue weighted by atomic mass is 10.2. The van der Waals surface area contributed by atoms with E-state index < -0.39 is 4.92 Å². The van der Waals surface area contributed by atoms with Gasteiger partial charge in [0, 0.05) is 17.7 Å². The number of nitro groups is 1. The van der Waals surface area contributed by atoms with Crippen molar-refractivity contribution >= 4 is 34.4 Å². The SMILES string of the molecule is O=c1c2ccccc2nc(-c2ccccc2)n1N=Cc1ccc(OCc2ccc([N+](=O)[O-])cc2)c(Cl)c1. The molecule has 0 aliphatic heterocycles. The van der Waals surface area contributed by atoms with Gasteiger partial charge >= 0.3 is 0 Å². The van der Waals surface area contributed by atoms with Crippen LogP contribution in [0, 0.1) is 10.1 Å². The molecule has 0 saturated heterocycles. The Morgan fingerprint density at radius 2 is 1.70 bits per heavy atom. The highest BCUT2D eigenvalue weighted by Crippen LogP contribution is 2.26. The van der Waals surface area contributed by atoms with Gasteiger partial charge in [-0.05, 0) is 53.6 Å². The van der Waals surface area contributed by atoms with E-state index in [0.717, 1.165) is 11.1 Å². The summed E-state index contributed by atoms with van der Waals surface area (Å²) in [6.45, 7) is 0.198. The van der Waals surface area contributed by atoms with Crippen LogP contribution in [0.25, 0.3) is 22.3 Å². The smallest absolute Gasteiger partial charge is 0.282 e. The van der Waals surface area contributed by atoms with Gasteiger partial charge in [-0.25, -0.2) is 4.98 Å². The highest BCUT2D eigenvalue weighted by molar-refractivity contribution is 6.32. The number of benzene rings is 4. The van der Waals surface area contributed by atoms with E-state index in [2.05, 4.69) is 10.1 Å². The summed E-state index contributed by atoms with van der Waals surface area (Å²) in [6, 6.07) is 27.8. The van der Waals surface area contributed by atoms with Crippen molar-refractivity contribution in [3.8, 4) is 17.1 Å². The van der Waals surface area contributed by atoms with E-state index in [9.17, 15) is 14.9 Å². The number of aromatic nitrogens is 2. The van der Waals surface area contributed by atoms with Gasteiger partial charge in [-0.2, -0.15) is 9.78 Å². The third-order valence-electron chi connectivity index (χ3n) is 5.61. The fourth-order valence-electron chi connectivity index (χ4n) is 3.72. The minimum atomic E-state index is -0.452. The number of fused-ring (bicyclic) bond motifs is 1. The number of ether oxygens (including phenoxy) is 1. The molecule has 0 fully saturated rings. The first-order valence-electron chi connectivity index (χ1n) is 11.3. The minimum Gasteiger partial charge on any atom is -0.487 e. The van der Waals surface area contributed by atoms with Gasteiger partial charge in [0.25, 0.3) is 11.2 Å². The van der Waals surface area contributed by atoms with E-state index >= 15 is 0 Å². The Hall–Kier alpha value is -4.82. The average molecular weight is 511 g/mol. The lowest BCUT2D eigenvalue weighted by Crippen LogP contribution is -2.20. The highest BCUT2D eigenvalue weighted by atomic mass is 35.5. The molecule has 0 aliphatic carbocycles. The van der Waals surface area contributed by atoms with Crippen LogP contribution in [0.3, 0.4) is 0 Å². The topological polar surface area (TPSA) is 99.6 Å². The summed E-state index contributed by atoms with van der Waals surface area (Å²) in [5.41, 5.74) is 2.51. The Kier molecular flexibility index (Phi) is 6.74. The number of rotatable bonds is 7. The standard InChI is InChI=1S/C28H19ClN4O4/c29-24-16-20(12-15-26(24)37-18-19-10-13-22(14-11-19)33(35)36)17-30-32-27(21-6-2-1-3-7-21)31-25-9-5-4-8-23(25)28(32)34/h1-17H,18H2. The van der Waals surface area contributed by atoms with Gasteiger partial charge in [0.2, 0.25) is 0 Å². The zero-order chi connectivity index (χ0) is 25.8. The van der Waals surface area contributed by atoms with Gasteiger partial charge in [0.15, 0.2) is 5.82 Å². The van der Waals surface area contributed by atoms with Crippen molar-refractivity contribution in [1.82, 2.24) is 9.66 Å². The Bertz CT molecular complexity index is 1680. The predicted molar refractivity (Wildman–Crippen MR) is 143 cm³/mol. The van der Waals surface area contributed by atoms with Crippen LogP contribution in [0.4, 0.5) is 5.69 Å². The third kappa shape index (κ3) is 5.24. The molecule has 0 N–H and O–H groups in total. The number of hydrogen-bond donors (Lipinski definition) is 0. The molecule has 0 bridgehead atoms. The van der Waals surface area contributed by atoms with Gasteiger partial charge in [-0.1, -0.05) is 54.1 Å². The molecule has 1 heterocycles. The van der Waals surface area contributed by atoms with E-state index in [4.69, 9.17) is 16.3 Å². The number of hydrogen-bond acceptors (Lipinski definition) is 6. The third-order valence-corrected chi connectivity index (χ3v) is 5.90. The molecule has 0 aliphatic rings. The average Bonchev–Trinajstić information content (AvgIpc) is 2.92. The zero-order valence-corrected chi connectivity index (χ0v) is 20.1. The number of para-hydroxylation sites is 1. The van der Waals surface area contributed by atoms with Crippen molar-refractivity contribution in [2.24, 2.45) is 5.10 Å². The molecule has 182 valence electrons. The normalized spacial score (nSPS) is 11.2. The molecule has 9 heteroatoms. The Morgan fingerprint density at radius 1 is 0.973 bits per heavy atom. The van der Waals surface area contributed by atoms with Gasteiger partial charge in [0.05, 0.1) is 27.1 Å². The van der Waals surface area contributed by atoms with E-state index in [1.165, 1.54) is 23.0 Å². The first kappa shape index (κ1) is 23.9. The van der Waals surface area contributed by atoms with Gasteiger partial charge in [0.1, 0.15) is 12.4 Å². The molecular formula is C28H19ClN4O4. The summed E-state index contributed by atoms with van der Waals surface area (Å²) in [4.78, 5) is 28.3. The maximum Gasteiger partial charge on any atom is 0.282 e. The van der Waals surface area contributed by atoms with Crippen molar-refractivity contribution in [3.63, 3.8) is 0 Å². The van der Waals surface area contributed by atoms with Crippen LogP contribution in [-0.2, 0) is 6.61 Å². The molecule has 0 amide bonds. The maximum absolute atomic E-state index is 13.3. The van der Waals surface area contributed by atoms with E-state index in [1.807, 2.05) is 36.4 Å². The molecule has 0 radical (unpaired) electrons. The summed E-state index contributed by atoms with van der Waals surface area (Å²) in [6.07, 6.45) is 1.54. The summed E-state index contributed by atoms with van der Waals surface area (Å²) in [7, 11) is 0. The van der Waals surface area contributed by atoms with Crippen LogP contribution in [0.2, 0.25) is 5.02 Å². The van der Waals surface area contributed by atoms with Crippen LogP contribution in [0.1, 0.15) is 11.1 Å². The van der Waals surface area contributed by atoms with E-state index in [-0.39, 0.29) is 17.9 Å². The highest BCUT2D eigenvalue weighted by Gasteiger charge is 2.12. The molecule has 0 atom stereocenters. The van der Waals surface area contributed by atoms with E-state index in [1.54, 1.807) is 48.5 Å². The quantitative estimate of drug-likeness (QED) is 0.150. The number of nitro benzene ring substituents is 1. The fourth-order valence-corrected chi connectivity index (χ4v) is 3.96.